The third kappa shape index (κ3) is 1.30. The first kappa shape index (κ1) is 12.2. The fourth-order valence-electron chi connectivity index (χ4n) is 3.34. The van der Waals surface area contributed by atoms with Gasteiger partial charge in [0.05, 0.1) is 11.1 Å². The number of halogens is 1. The summed E-state index contributed by atoms with van der Waals surface area (Å²) in [5.41, 5.74) is -1.26. The number of hydrogen-bond acceptors (Lipinski definition) is 4. The fourth-order valence-corrected chi connectivity index (χ4v) is 3.34. The molecule has 4 amide bonds. The maximum absolute atomic E-state index is 13.3. The third-order valence-corrected chi connectivity index (χ3v) is 4.47. The zero-order valence-electron chi connectivity index (χ0n) is 10.7. The molecule has 6 nitrogen and oxygen atoms in total. The van der Waals surface area contributed by atoms with Crippen molar-refractivity contribution < 1.29 is 23.6 Å². The van der Waals surface area contributed by atoms with E-state index in [4.69, 9.17) is 0 Å². The number of carbonyl (C=O) groups excluding carboxylic acids is 4. The molecule has 1 aliphatic carbocycles. The van der Waals surface area contributed by atoms with E-state index in [0.717, 1.165) is 17.0 Å². The van der Waals surface area contributed by atoms with Crippen molar-refractivity contribution in [1.82, 2.24) is 10.2 Å². The Morgan fingerprint density at radius 2 is 1.76 bits per heavy atom. The van der Waals surface area contributed by atoms with E-state index in [-0.39, 0.29) is 35.8 Å². The molecule has 3 fully saturated rings. The van der Waals surface area contributed by atoms with E-state index in [1.165, 1.54) is 6.07 Å². The number of benzene rings is 1. The van der Waals surface area contributed by atoms with Crippen molar-refractivity contribution in [3.05, 3.63) is 35.1 Å². The van der Waals surface area contributed by atoms with Crippen LogP contribution < -0.4 is 5.32 Å². The molecule has 7 heteroatoms. The summed E-state index contributed by atoms with van der Waals surface area (Å²) < 4.78 is 13.3. The summed E-state index contributed by atoms with van der Waals surface area (Å²) in [6.07, 6.45) is 0.289. The Hall–Kier alpha value is -2.57. The number of imide groups is 2. The van der Waals surface area contributed by atoms with Gasteiger partial charge in [0.25, 0.3) is 17.7 Å². The number of piperidine rings is 2. The van der Waals surface area contributed by atoms with Crippen molar-refractivity contribution >= 4 is 23.6 Å². The number of carbonyl (C=O) groups is 4. The van der Waals surface area contributed by atoms with Crippen LogP contribution in [0, 0.1) is 11.7 Å². The second-order valence-electron chi connectivity index (χ2n) is 5.59. The monoisotopic (exact) mass is 288 g/mol. The lowest BCUT2D eigenvalue weighted by molar-refractivity contribution is -0.158. The Morgan fingerprint density at radius 1 is 1.10 bits per heavy atom. The lowest BCUT2D eigenvalue weighted by Crippen LogP contribution is -2.74. The van der Waals surface area contributed by atoms with Gasteiger partial charge in [-0.2, -0.15) is 0 Å². The lowest BCUT2D eigenvalue weighted by atomic mass is 9.63. The van der Waals surface area contributed by atoms with Gasteiger partial charge in [0.2, 0.25) is 5.91 Å². The molecule has 2 saturated heterocycles. The van der Waals surface area contributed by atoms with Gasteiger partial charge >= 0.3 is 0 Å². The van der Waals surface area contributed by atoms with Crippen molar-refractivity contribution in [3.63, 3.8) is 0 Å². The molecular weight excluding hydrogens is 279 g/mol. The summed E-state index contributed by atoms with van der Waals surface area (Å²) in [6, 6.07) is 3.33. The minimum absolute atomic E-state index is 0.0393. The summed E-state index contributed by atoms with van der Waals surface area (Å²) >= 11 is 0. The molecule has 0 radical (unpaired) electrons. The van der Waals surface area contributed by atoms with Crippen LogP contribution in [0.15, 0.2) is 18.2 Å². The molecule has 0 aromatic heterocycles. The first-order valence-electron chi connectivity index (χ1n) is 6.48. The molecule has 4 aliphatic rings. The highest BCUT2D eigenvalue weighted by molar-refractivity contribution is 6.25. The number of rotatable bonds is 1. The van der Waals surface area contributed by atoms with Crippen LogP contribution in [0.25, 0.3) is 0 Å². The van der Waals surface area contributed by atoms with E-state index in [1.54, 1.807) is 0 Å². The Morgan fingerprint density at radius 3 is 2.43 bits per heavy atom. The number of nitrogens with zero attached hydrogens (tertiary/aromatic N) is 1. The van der Waals surface area contributed by atoms with Gasteiger partial charge in [0.15, 0.2) is 0 Å². The number of fused-ring (bicyclic) bond motifs is 3. The first-order chi connectivity index (χ1) is 9.94. The number of amides is 4. The van der Waals surface area contributed by atoms with Gasteiger partial charge < -0.3 is 0 Å². The van der Waals surface area contributed by atoms with Gasteiger partial charge in [-0.25, -0.2) is 4.39 Å². The van der Waals surface area contributed by atoms with Crippen LogP contribution in [0.3, 0.4) is 0 Å². The van der Waals surface area contributed by atoms with Crippen LogP contribution in [0.2, 0.25) is 0 Å². The molecule has 1 aromatic rings. The van der Waals surface area contributed by atoms with Crippen LogP contribution in [-0.4, -0.2) is 34.1 Å². The fraction of sp³-hybridized carbons (Fsp3) is 0.286. The largest absolute Gasteiger partial charge is 0.294 e. The van der Waals surface area contributed by atoms with E-state index in [0.29, 0.717) is 0 Å². The molecule has 0 unspecified atom stereocenters. The average Bonchev–Trinajstić information content (AvgIpc) is 2.61. The number of hydrogen-bond donors (Lipinski definition) is 1. The smallest absolute Gasteiger partial charge is 0.262 e. The molecule has 106 valence electrons. The molecular formula is C14H9FN2O4. The van der Waals surface area contributed by atoms with E-state index < -0.39 is 29.1 Å². The third-order valence-electron chi connectivity index (χ3n) is 4.47. The van der Waals surface area contributed by atoms with E-state index in [2.05, 4.69) is 5.32 Å². The second kappa shape index (κ2) is 3.55. The van der Waals surface area contributed by atoms with Gasteiger partial charge in [-0.1, -0.05) is 0 Å². The van der Waals surface area contributed by atoms with Crippen LogP contribution in [-0.2, 0) is 9.59 Å². The predicted octanol–water partition coefficient (Wildman–Crippen LogP) is 0.227. The topological polar surface area (TPSA) is 83.6 Å². The van der Waals surface area contributed by atoms with Crippen LogP contribution in [0.1, 0.15) is 33.6 Å². The molecule has 1 saturated carbocycles. The quantitative estimate of drug-likeness (QED) is 0.750. The Balaban J connectivity index is 1.79. The highest BCUT2D eigenvalue weighted by Gasteiger charge is 2.65. The average molecular weight is 288 g/mol. The summed E-state index contributed by atoms with van der Waals surface area (Å²) in [5.74, 6) is -3.28. The summed E-state index contributed by atoms with van der Waals surface area (Å²) in [4.78, 5) is 49.2. The molecule has 21 heavy (non-hydrogen) atoms. The van der Waals surface area contributed by atoms with Gasteiger partial charge in [0.1, 0.15) is 11.4 Å². The van der Waals surface area contributed by atoms with Crippen LogP contribution >= 0.6 is 0 Å². The molecule has 0 atom stereocenters. The van der Waals surface area contributed by atoms with Gasteiger partial charge in [-0.3, -0.25) is 29.4 Å². The zero-order valence-corrected chi connectivity index (χ0v) is 10.7. The molecule has 1 N–H and O–H groups in total. The van der Waals surface area contributed by atoms with Gasteiger partial charge in [-0.05, 0) is 31.0 Å². The zero-order chi connectivity index (χ0) is 14.9. The Labute approximate surface area is 117 Å². The first-order valence-corrected chi connectivity index (χ1v) is 6.48. The predicted molar refractivity (Wildman–Crippen MR) is 65.5 cm³/mol. The minimum Gasteiger partial charge on any atom is -0.294 e. The van der Waals surface area contributed by atoms with Crippen molar-refractivity contribution in [2.24, 2.45) is 5.92 Å². The normalized spacial score (nSPS) is 30.1. The van der Waals surface area contributed by atoms with Crippen molar-refractivity contribution in [2.45, 2.75) is 18.4 Å². The van der Waals surface area contributed by atoms with Gasteiger partial charge in [-0.15, -0.1) is 0 Å². The molecule has 0 spiro atoms. The summed E-state index contributed by atoms with van der Waals surface area (Å²) in [5, 5.41) is 2.18. The maximum Gasteiger partial charge on any atom is 0.262 e. The summed E-state index contributed by atoms with van der Waals surface area (Å²) in [6.45, 7) is 0. The molecule has 2 bridgehead atoms. The van der Waals surface area contributed by atoms with Crippen molar-refractivity contribution in [2.75, 3.05) is 0 Å². The van der Waals surface area contributed by atoms with Crippen LogP contribution in [0.5, 0.6) is 0 Å². The Kier molecular flexibility index (Phi) is 2.06. The SMILES string of the molecule is O=C1NC(=O)C2(N3C(=O)c4ccc(F)cc4C3=O)CC1C2. The van der Waals surface area contributed by atoms with Crippen molar-refractivity contribution in [1.29, 1.82) is 0 Å². The lowest BCUT2D eigenvalue weighted by Gasteiger charge is -2.52. The summed E-state index contributed by atoms with van der Waals surface area (Å²) in [7, 11) is 0. The maximum atomic E-state index is 13.3. The second-order valence-corrected chi connectivity index (χ2v) is 5.59. The standard InChI is InChI=1S/C14H9FN2O4/c15-7-1-2-8-9(3-7)12(20)17(11(8)19)14-4-6(5-14)10(18)16-13(14)21/h1-3,6H,4-5H2,(H,16,18,21). The molecule has 3 aliphatic heterocycles. The molecule has 5 rings (SSSR count). The van der Waals surface area contributed by atoms with Crippen molar-refractivity contribution in [3.8, 4) is 0 Å². The number of nitrogens with one attached hydrogen (secondary N) is 1. The van der Waals surface area contributed by atoms with E-state index in [1.807, 2.05) is 0 Å². The molecule has 3 heterocycles. The van der Waals surface area contributed by atoms with Crippen LogP contribution in [0.4, 0.5) is 4.39 Å². The Bertz CT molecular complexity index is 751. The highest BCUT2D eigenvalue weighted by Crippen LogP contribution is 2.48. The highest BCUT2D eigenvalue weighted by atomic mass is 19.1. The van der Waals surface area contributed by atoms with E-state index in [9.17, 15) is 23.6 Å². The van der Waals surface area contributed by atoms with Gasteiger partial charge in [0, 0.05) is 5.92 Å². The van der Waals surface area contributed by atoms with E-state index >= 15 is 0 Å². The minimum atomic E-state index is -1.30. The molecule has 1 aromatic carbocycles.